The molecule has 5 radical (unpaired) electrons. The van der Waals surface area contributed by atoms with Gasteiger partial charge in [-0.15, -0.1) is 19.5 Å². The van der Waals surface area contributed by atoms with Crippen molar-refractivity contribution in [3.63, 3.8) is 0 Å². The molecule has 429 valence electrons. The molecule has 0 aromatic heterocycles. The fourth-order valence-corrected chi connectivity index (χ4v) is 4.91. The minimum atomic E-state index is 0. The van der Waals surface area contributed by atoms with Gasteiger partial charge in [-0.05, 0) is 46.6 Å². The van der Waals surface area contributed by atoms with Crippen molar-refractivity contribution in [1.29, 1.82) is 0 Å². The number of allylic oxidation sites excluding steroid dienone is 2. The predicted octanol–water partition coefficient (Wildman–Crippen LogP) is 21.8. The molecule has 2 aromatic carbocycles. The van der Waals surface area contributed by atoms with Gasteiger partial charge in [0.25, 0.3) is 0 Å². The third kappa shape index (κ3) is 152. The Labute approximate surface area is 598 Å². The monoisotopic (exact) mass is 1400 g/mol. The first-order valence-electron chi connectivity index (χ1n) is 26.4. The fourth-order valence-electron chi connectivity index (χ4n) is 4.91. The van der Waals surface area contributed by atoms with Crippen molar-refractivity contribution in [1.82, 2.24) is 4.90 Å². The molecule has 2 nitrogen and oxygen atoms in total. The maximum atomic E-state index is 4.32. The molecule has 0 spiro atoms. The Hall–Kier alpha value is 3.49. The predicted molar refractivity (Wildman–Crippen MR) is 324 cm³/mol. The summed E-state index contributed by atoms with van der Waals surface area (Å²) in [5.41, 5.74) is 4.84. The second-order valence-corrected chi connectivity index (χ2v) is 27.0. The van der Waals surface area contributed by atoms with E-state index in [-0.39, 0.29) is 164 Å². The van der Waals surface area contributed by atoms with Gasteiger partial charge in [0.2, 0.25) is 0 Å². The summed E-state index contributed by atoms with van der Waals surface area (Å²) >= 11 is 0. The molecule has 1 heterocycles. The number of hydrogen-bond acceptors (Lipinski definition) is 1. The Morgan fingerprint density at radius 3 is 1.14 bits per heavy atom. The molecule has 0 amide bonds. The number of benzene rings is 2. The molecule has 7 heteroatoms. The number of nitrogens with zero attached hydrogens (tertiary/aromatic N) is 2. The summed E-state index contributed by atoms with van der Waals surface area (Å²) in [6.07, 6.45) is 10.9. The average molecular weight is 1400 g/mol. The Morgan fingerprint density at radius 2 is 0.892 bits per heavy atom. The zero-order chi connectivity index (χ0) is 56.1. The van der Waals surface area contributed by atoms with E-state index < -0.39 is 0 Å². The molecule has 0 bridgehead atoms. The van der Waals surface area contributed by atoms with Crippen LogP contribution in [0.4, 0.5) is 0 Å². The smallest absolute Gasteiger partial charge is 0.00286 e. The number of hydrogen-bond donors (Lipinski definition) is 0. The molecule has 0 unspecified atom stereocenters. The van der Waals surface area contributed by atoms with Crippen molar-refractivity contribution in [3.8, 4) is 0 Å². The first-order chi connectivity index (χ1) is 31.0. The van der Waals surface area contributed by atoms with E-state index in [0.717, 1.165) is 51.9 Å². The molecule has 1 saturated heterocycles. The third-order valence-corrected chi connectivity index (χ3v) is 7.00. The van der Waals surface area contributed by atoms with Crippen LogP contribution in [-0.2, 0) is 176 Å². The van der Waals surface area contributed by atoms with Crippen molar-refractivity contribution in [2.45, 2.75) is 246 Å². The number of piperazine rings is 1. The standard InChI is InChI=1S/2C11H15.C9H19N2.C9H17.C7H15.5C4H9.5Y/c2*1-11(2,3)9-10-7-5-4-6-8-10;1-9(2,3)8-11-6-4-10-5-7-11;1-5-6-7-8-9(2,3)4;1-5-6-7(2,3)4;5*1-4(2)3;;;;;/h4-5,7-8H,9H2,1-3H3;4-7H,9H2,1-3H3;4-8H2,1-3H3;5-6H,1,7-8H2,2-4H3;1,5-6H2,2-4H3;5*1-3H3;;;;;/q10*-1;;;;;/b;;;6-5-;;;;;;;;;;;. The normalized spacial score (nSPS) is 11.8. The fraction of sp³-hybridized carbons (Fsp3) is 0.687. The van der Waals surface area contributed by atoms with Crippen LogP contribution in [0.25, 0.3) is 5.32 Å². The minimum Gasteiger partial charge on any atom is -0.660 e. The third-order valence-electron chi connectivity index (χ3n) is 7.00. The summed E-state index contributed by atoms with van der Waals surface area (Å²) in [7, 11) is 0. The second kappa shape index (κ2) is 65.6. The summed E-state index contributed by atoms with van der Waals surface area (Å²) < 4.78 is 0. The molecular formula is C67H126N2Y5-10. The molecule has 2 aromatic rings. The van der Waals surface area contributed by atoms with Crippen LogP contribution in [0.15, 0.2) is 60.7 Å². The van der Waals surface area contributed by atoms with Crippen LogP contribution >= 0.6 is 0 Å². The molecule has 1 aliphatic heterocycles. The Bertz CT molecular complexity index is 1180. The van der Waals surface area contributed by atoms with E-state index in [0.29, 0.717) is 27.1 Å². The quantitative estimate of drug-likeness (QED) is 0.264. The van der Waals surface area contributed by atoms with E-state index in [1.165, 1.54) is 60.1 Å². The van der Waals surface area contributed by atoms with E-state index in [2.05, 4.69) is 274 Å². The van der Waals surface area contributed by atoms with Crippen LogP contribution in [0.1, 0.15) is 245 Å². The maximum Gasteiger partial charge on any atom is 0.00286 e. The van der Waals surface area contributed by atoms with Gasteiger partial charge >= 0.3 is 0 Å². The minimum absolute atomic E-state index is 0. The Kier molecular flexibility index (Phi) is 93.8. The van der Waals surface area contributed by atoms with Crippen LogP contribution < -0.4 is 0 Å². The second-order valence-electron chi connectivity index (χ2n) is 27.0. The first kappa shape index (κ1) is 106. The topological polar surface area (TPSA) is 17.3 Å². The molecule has 0 saturated carbocycles. The molecular weight excluding hydrogens is 1280 g/mol. The van der Waals surface area contributed by atoms with Crippen LogP contribution in [-0.4, -0.2) is 37.6 Å². The largest absolute Gasteiger partial charge is 0.660 e. The van der Waals surface area contributed by atoms with Crippen LogP contribution in [0.5, 0.6) is 0 Å². The van der Waals surface area contributed by atoms with Crippen molar-refractivity contribution in [3.05, 3.63) is 133 Å². The summed E-state index contributed by atoms with van der Waals surface area (Å²) in [6, 6.07) is 22.7. The molecule has 0 atom stereocenters. The van der Waals surface area contributed by atoms with E-state index in [1.54, 1.807) is 0 Å². The van der Waals surface area contributed by atoms with Crippen molar-refractivity contribution in [2.24, 2.45) is 27.1 Å². The van der Waals surface area contributed by atoms with Crippen LogP contribution in [0, 0.1) is 82.6 Å². The molecule has 1 fully saturated rings. The van der Waals surface area contributed by atoms with Crippen molar-refractivity contribution in [2.75, 3.05) is 32.7 Å². The van der Waals surface area contributed by atoms with Crippen molar-refractivity contribution < 1.29 is 164 Å². The molecule has 0 N–H and O–H groups in total. The number of rotatable bonds is 6. The van der Waals surface area contributed by atoms with E-state index in [4.69, 9.17) is 0 Å². The average Bonchev–Trinajstić information content (AvgIpc) is 3.10. The van der Waals surface area contributed by atoms with Gasteiger partial charge in [0.05, 0.1) is 0 Å². The van der Waals surface area contributed by atoms with Gasteiger partial charge in [0.15, 0.2) is 0 Å². The summed E-state index contributed by atoms with van der Waals surface area (Å²) in [4.78, 5) is 2.51. The van der Waals surface area contributed by atoms with Crippen LogP contribution in [0.2, 0.25) is 0 Å². The van der Waals surface area contributed by atoms with Gasteiger partial charge < -0.3 is 46.7 Å². The van der Waals surface area contributed by atoms with Gasteiger partial charge in [-0.2, -0.15) is 182 Å². The molecule has 74 heavy (non-hydrogen) atoms. The zero-order valence-electron chi connectivity index (χ0n) is 55.7. The molecule has 1 aliphatic rings. The summed E-state index contributed by atoms with van der Waals surface area (Å²) in [6.45, 7) is 78.1. The van der Waals surface area contributed by atoms with Gasteiger partial charge in [0, 0.05) is 170 Å². The van der Waals surface area contributed by atoms with E-state index >= 15 is 0 Å². The SMILES string of the molecule is CC(C)(C)CN1CC[N-]CC1.CC(C)(C)Cc1[c-]cccc1.CC(C)(C)Cc1c[c-]ccc1.C[C-](C)C.C[C-](C)C.C[C-](C)C.C[C-](C)C.C[C-](C)C.[CH2-]/C=C\CCC(C)(C)C.[CH2-]CCC(C)(C)C.[Y].[Y].[Y].[Y].[Y]. The maximum absolute atomic E-state index is 4.32. The molecule has 3 rings (SSSR count). The summed E-state index contributed by atoms with van der Waals surface area (Å²) in [5, 5.41) is 4.32. The van der Waals surface area contributed by atoms with Gasteiger partial charge in [-0.1, -0.05) is 123 Å². The van der Waals surface area contributed by atoms with Gasteiger partial charge in [-0.25, -0.2) is 19.1 Å². The Morgan fingerprint density at radius 1 is 0.514 bits per heavy atom. The van der Waals surface area contributed by atoms with Crippen molar-refractivity contribution >= 4 is 0 Å². The van der Waals surface area contributed by atoms with Gasteiger partial charge in [0.1, 0.15) is 0 Å². The zero-order valence-corrected chi connectivity index (χ0v) is 69.9. The van der Waals surface area contributed by atoms with E-state index in [1.807, 2.05) is 30.3 Å². The molecule has 0 aliphatic carbocycles. The first-order valence-corrected chi connectivity index (χ1v) is 26.4. The van der Waals surface area contributed by atoms with E-state index in [9.17, 15) is 0 Å². The van der Waals surface area contributed by atoms with Gasteiger partial charge in [-0.3, -0.25) is 0 Å². The Balaban J connectivity index is -0.0000000589. The van der Waals surface area contributed by atoms with Crippen LogP contribution in [0.3, 0.4) is 0 Å². The summed E-state index contributed by atoms with van der Waals surface area (Å²) in [5.74, 6) is 7.08.